The van der Waals surface area contributed by atoms with E-state index in [4.69, 9.17) is 0 Å². The van der Waals surface area contributed by atoms with Crippen LogP contribution in [0, 0.1) is 0 Å². The van der Waals surface area contributed by atoms with Crippen LogP contribution in [-0.4, -0.2) is 11.6 Å². The van der Waals surface area contributed by atoms with Crippen molar-refractivity contribution in [3.63, 3.8) is 0 Å². The highest BCUT2D eigenvalue weighted by Gasteiger charge is 1.98. The lowest BCUT2D eigenvalue weighted by atomic mass is 10.1. The van der Waals surface area contributed by atoms with Gasteiger partial charge in [-0.2, -0.15) is 0 Å². The summed E-state index contributed by atoms with van der Waals surface area (Å²) in [7, 11) is 0. The van der Waals surface area contributed by atoms with Crippen LogP contribution in [0.3, 0.4) is 0 Å². The second-order valence-electron chi connectivity index (χ2n) is 5.21. The molecular formula is C16H30N2. The molecule has 104 valence electrons. The molecule has 0 atom stereocenters. The fourth-order valence-corrected chi connectivity index (χ4v) is 2.30. The zero-order valence-electron chi connectivity index (χ0n) is 12.0. The molecule has 0 fully saturated rings. The molecule has 2 nitrogen and oxygen atoms in total. The minimum atomic E-state index is 1.12. The summed E-state index contributed by atoms with van der Waals surface area (Å²) < 4.78 is 0. The lowest BCUT2D eigenvalue weighted by Crippen LogP contribution is -2.31. The zero-order valence-corrected chi connectivity index (χ0v) is 12.0. The molecule has 0 aromatic rings. The molecule has 0 bridgehead atoms. The average molecular weight is 250 g/mol. The quantitative estimate of drug-likeness (QED) is 0.532. The van der Waals surface area contributed by atoms with E-state index in [-0.39, 0.29) is 0 Å². The smallest absolute Gasteiger partial charge is 0.0386 e. The number of hydrogen-bond acceptors (Lipinski definition) is 2. The second-order valence-corrected chi connectivity index (χ2v) is 5.21. The monoisotopic (exact) mass is 250 g/mol. The molecule has 0 saturated carbocycles. The molecule has 1 aliphatic heterocycles. The Kier molecular flexibility index (Phi) is 9.41. The molecule has 1 rings (SSSR count). The van der Waals surface area contributed by atoms with Crippen molar-refractivity contribution >= 4 is 0 Å². The molecule has 18 heavy (non-hydrogen) atoms. The minimum Gasteiger partial charge on any atom is -0.306 e. The third kappa shape index (κ3) is 8.21. The summed E-state index contributed by atoms with van der Waals surface area (Å²) in [6, 6.07) is 0. The highest BCUT2D eigenvalue weighted by atomic mass is 15.5. The summed E-state index contributed by atoms with van der Waals surface area (Å²) in [5.41, 5.74) is 3.22. The van der Waals surface area contributed by atoms with E-state index < -0.39 is 0 Å². The van der Waals surface area contributed by atoms with Gasteiger partial charge in [-0.3, -0.25) is 5.01 Å². The van der Waals surface area contributed by atoms with Gasteiger partial charge in [-0.15, -0.1) is 0 Å². The molecule has 1 N–H and O–H groups in total. The SMILES string of the molecule is CCCCCCCCCCCCN1C=CC=CN1. The minimum absolute atomic E-state index is 1.12. The van der Waals surface area contributed by atoms with Gasteiger partial charge in [-0.1, -0.05) is 64.7 Å². The molecule has 2 heteroatoms. The van der Waals surface area contributed by atoms with Crippen LogP contribution in [0.5, 0.6) is 0 Å². The van der Waals surface area contributed by atoms with Gasteiger partial charge in [-0.25, -0.2) is 0 Å². The Hall–Kier alpha value is -0.920. The van der Waals surface area contributed by atoms with E-state index >= 15 is 0 Å². The molecule has 0 radical (unpaired) electrons. The predicted octanol–water partition coefficient (Wildman–Crippen LogP) is 4.75. The number of hydrazine groups is 1. The van der Waals surface area contributed by atoms with Crippen molar-refractivity contribution in [1.29, 1.82) is 0 Å². The van der Waals surface area contributed by atoms with Crippen LogP contribution >= 0.6 is 0 Å². The molecule has 0 aromatic heterocycles. The van der Waals surface area contributed by atoms with Gasteiger partial charge >= 0.3 is 0 Å². The summed E-state index contributed by atoms with van der Waals surface area (Å²) in [5, 5.41) is 2.16. The summed E-state index contributed by atoms with van der Waals surface area (Å²) in [4.78, 5) is 0. The Balaban J connectivity index is 1.76. The lowest BCUT2D eigenvalue weighted by Gasteiger charge is -2.21. The third-order valence-electron chi connectivity index (χ3n) is 3.47. The maximum Gasteiger partial charge on any atom is 0.0386 e. The third-order valence-corrected chi connectivity index (χ3v) is 3.47. The van der Waals surface area contributed by atoms with Gasteiger partial charge < -0.3 is 5.43 Å². The van der Waals surface area contributed by atoms with Crippen LogP contribution in [0.2, 0.25) is 0 Å². The number of allylic oxidation sites excluding steroid dienone is 2. The maximum absolute atomic E-state index is 3.22. The van der Waals surface area contributed by atoms with Crippen LogP contribution in [-0.2, 0) is 0 Å². The van der Waals surface area contributed by atoms with E-state index in [9.17, 15) is 0 Å². The van der Waals surface area contributed by atoms with Gasteiger partial charge in [0.15, 0.2) is 0 Å². The van der Waals surface area contributed by atoms with Crippen molar-refractivity contribution in [3.8, 4) is 0 Å². The molecule has 0 amide bonds. The predicted molar refractivity (Wildman–Crippen MR) is 80.0 cm³/mol. The molecule has 1 heterocycles. The van der Waals surface area contributed by atoms with Gasteiger partial charge in [0.25, 0.3) is 0 Å². The first-order chi connectivity index (χ1) is 8.93. The van der Waals surface area contributed by atoms with Crippen molar-refractivity contribution < 1.29 is 0 Å². The molecule has 0 aromatic carbocycles. The molecule has 0 spiro atoms. The van der Waals surface area contributed by atoms with Crippen LogP contribution in [0.15, 0.2) is 24.6 Å². The summed E-state index contributed by atoms with van der Waals surface area (Å²) >= 11 is 0. The average Bonchev–Trinajstić information content (AvgIpc) is 2.42. The summed E-state index contributed by atoms with van der Waals surface area (Å²) in [6.07, 6.45) is 22.2. The van der Waals surface area contributed by atoms with Crippen molar-refractivity contribution in [2.24, 2.45) is 0 Å². The Morgan fingerprint density at radius 1 is 0.778 bits per heavy atom. The zero-order chi connectivity index (χ0) is 12.9. The highest BCUT2D eigenvalue weighted by Crippen LogP contribution is 2.10. The van der Waals surface area contributed by atoms with E-state index in [0.717, 1.165) is 6.54 Å². The van der Waals surface area contributed by atoms with Gasteiger partial charge in [-0.05, 0) is 18.6 Å². The number of nitrogens with zero attached hydrogens (tertiary/aromatic N) is 1. The molecule has 0 unspecified atom stereocenters. The summed E-state index contributed by atoms with van der Waals surface area (Å²) in [5.74, 6) is 0. The molecule has 0 aliphatic carbocycles. The van der Waals surface area contributed by atoms with E-state index in [1.165, 1.54) is 64.2 Å². The first-order valence-electron chi connectivity index (χ1n) is 7.79. The molecular weight excluding hydrogens is 220 g/mol. The van der Waals surface area contributed by atoms with Gasteiger partial charge in [0.1, 0.15) is 0 Å². The van der Waals surface area contributed by atoms with E-state index in [2.05, 4.69) is 29.6 Å². The number of unbranched alkanes of at least 4 members (excludes halogenated alkanes) is 9. The van der Waals surface area contributed by atoms with Crippen molar-refractivity contribution in [2.45, 2.75) is 71.1 Å². The molecule has 0 saturated heterocycles. The number of hydrogen-bond donors (Lipinski definition) is 1. The first-order valence-corrected chi connectivity index (χ1v) is 7.79. The fourth-order valence-electron chi connectivity index (χ4n) is 2.30. The van der Waals surface area contributed by atoms with Crippen LogP contribution in [0.1, 0.15) is 71.1 Å². The maximum atomic E-state index is 3.22. The number of rotatable bonds is 11. The standard InChI is InChI=1S/C16H30N2/c1-2-3-4-5-6-7-8-9-10-12-15-18-16-13-11-14-17-18/h11,13-14,16-17H,2-10,12,15H2,1H3. The van der Waals surface area contributed by atoms with Crippen LogP contribution < -0.4 is 5.43 Å². The Labute approximate surface area is 113 Å². The normalized spacial score (nSPS) is 13.9. The highest BCUT2D eigenvalue weighted by molar-refractivity contribution is 5.04. The first kappa shape index (κ1) is 15.1. The van der Waals surface area contributed by atoms with E-state index in [1.54, 1.807) is 0 Å². The van der Waals surface area contributed by atoms with Gasteiger partial charge in [0, 0.05) is 18.9 Å². The van der Waals surface area contributed by atoms with Crippen LogP contribution in [0.4, 0.5) is 0 Å². The number of nitrogens with one attached hydrogen (secondary N) is 1. The fraction of sp³-hybridized carbons (Fsp3) is 0.750. The van der Waals surface area contributed by atoms with E-state index in [1.807, 2.05) is 12.3 Å². The summed E-state index contributed by atoms with van der Waals surface area (Å²) in [6.45, 7) is 3.40. The Morgan fingerprint density at radius 3 is 1.94 bits per heavy atom. The topological polar surface area (TPSA) is 15.3 Å². The Bertz CT molecular complexity index is 233. The second kappa shape index (κ2) is 11.2. The lowest BCUT2D eigenvalue weighted by molar-refractivity contribution is 0.303. The van der Waals surface area contributed by atoms with Gasteiger partial charge in [0.05, 0.1) is 0 Å². The van der Waals surface area contributed by atoms with Crippen molar-refractivity contribution in [3.05, 3.63) is 24.6 Å². The van der Waals surface area contributed by atoms with Crippen LogP contribution in [0.25, 0.3) is 0 Å². The largest absolute Gasteiger partial charge is 0.306 e. The van der Waals surface area contributed by atoms with Crippen molar-refractivity contribution in [1.82, 2.24) is 10.4 Å². The Morgan fingerprint density at radius 2 is 1.39 bits per heavy atom. The van der Waals surface area contributed by atoms with E-state index in [0.29, 0.717) is 0 Å². The van der Waals surface area contributed by atoms with Crippen molar-refractivity contribution in [2.75, 3.05) is 6.54 Å². The van der Waals surface area contributed by atoms with Gasteiger partial charge in [0.2, 0.25) is 0 Å². The molecule has 1 aliphatic rings.